The van der Waals surface area contributed by atoms with E-state index >= 15 is 0 Å². The lowest BCUT2D eigenvalue weighted by molar-refractivity contribution is 0.499. The molecule has 0 radical (unpaired) electrons. The molecule has 112 valence electrons. The van der Waals surface area contributed by atoms with Gasteiger partial charge < -0.3 is 5.32 Å². The van der Waals surface area contributed by atoms with Crippen LogP contribution in [0.2, 0.25) is 0 Å². The third-order valence-corrected chi connectivity index (χ3v) is 4.47. The lowest BCUT2D eigenvalue weighted by Crippen LogP contribution is -2.30. The Morgan fingerprint density at radius 2 is 1.86 bits per heavy atom. The Morgan fingerprint density at radius 3 is 2.52 bits per heavy atom. The van der Waals surface area contributed by atoms with Crippen LogP contribution in [-0.2, 0) is 12.8 Å². The van der Waals surface area contributed by atoms with E-state index < -0.39 is 11.6 Å². The van der Waals surface area contributed by atoms with E-state index in [0.717, 1.165) is 10.0 Å². The minimum atomic E-state index is -0.524. The first-order valence-electron chi connectivity index (χ1n) is 6.55. The zero-order chi connectivity index (χ0) is 15.4. The summed E-state index contributed by atoms with van der Waals surface area (Å²) in [6, 6.07) is 10.5. The molecule has 0 aliphatic rings. The molecule has 0 spiro atoms. The summed E-state index contributed by atoms with van der Waals surface area (Å²) in [6.45, 7) is 0. The molecule has 0 amide bonds. The van der Waals surface area contributed by atoms with Crippen LogP contribution in [0.5, 0.6) is 0 Å². The molecule has 0 bridgehead atoms. The number of hydrogen-bond acceptors (Lipinski definition) is 1. The van der Waals surface area contributed by atoms with Crippen molar-refractivity contribution < 1.29 is 8.78 Å². The summed E-state index contributed by atoms with van der Waals surface area (Å²) in [7, 11) is 1.80. The van der Waals surface area contributed by atoms with Crippen LogP contribution in [0.1, 0.15) is 11.1 Å². The average Bonchev–Trinajstić information content (AvgIpc) is 2.46. The van der Waals surface area contributed by atoms with Gasteiger partial charge in [0.1, 0.15) is 11.6 Å². The fourth-order valence-corrected chi connectivity index (χ4v) is 3.05. The Hall–Kier alpha value is -0.780. The Kier molecular flexibility index (Phi) is 5.90. The van der Waals surface area contributed by atoms with E-state index in [9.17, 15) is 8.78 Å². The normalized spacial score (nSPS) is 12.4. The van der Waals surface area contributed by atoms with Crippen LogP contribution >= 0.6 is 31.9 Å². The highest BCUT2D eigenvalue weighted by molar-refractivity contribution is 9.10. The second kappa shape index (κ2) is 7.47. The number of nitrogens with one attached hydrogen (secondary N) is 1. The second-order valence-electron chi connectivity index (χ2n) is 4.85. The molecule has 1 nitrogen and oxygen atoms in total. The Balaban J connectivity index is 2.18. The van der Waals surface area contributed by atoms with E-state index in [-0.39, 0.29) is 16.1 Å². The predicted molar refractivity (Wildman–Crippen MR) is 88.5 cm³/mol. The van der Waals surface area contributed by atoms with Crippen molar-refractivity contribution >= 4 is 31.9 Å². The van der Waals surface area contributed by atoms with Crippen LogP contribution in [0, 0.1) is 11.6 Å². The molecule has 0 aliphatic carbocycles. The zero-order valence-electron chi connectivity index (χ0n) is 11.5. The third-order valence-electron chi connectivity index (χ3n) is 3.37. The maximum absolute atomic E-state index is 14.0. The molecule has 21 heavy (non-hydrogen) atoms. The minimum absolute atomic E-state index is 0.0439. The summed E-state index contributed by atoms with van der Waals surface area (Å²) in [5.41, 5.74) is 1.22. The first-order chi connectivity index (χ1) is 10.0. The molecule has 0 saturated carbocycles. The van der Waals surface area contributed by atoms with E-state index in [1.807, 2.05) is 24.3 Å². The second-order valence-corrected chi connectivity index (χ2v) is 6.62. The Labute approximate surface area is 140 Å². The smallest absolute Gasteiger partial charge is 0.143 e. The lowest BCUT2D eigenvalue weighted by atomic mass is 9.98. The molecule has 0 aliphatic heterocycles. The van der Waals surface area contributed by atoms with Gasteiger partial charge in [0.15, 0.2) is 0 Å². The van der Waals surface area contributed by atoms with Gasteiger partial charge in [-0.2, -0.15) is 0 Å². The SMILES string of the molecule is CNC(Cc1cccc(Br)c1)Cc1c(F)ccc(Br)c1F. The van der Waals surface area contributed by atoms with Gasteiger partial charge in [0.2, 0.25) is 0 Å². The van der Waals surface area contributed by atoms with Crippen LogP contribution in [-0.4, -0.2) is 13.1 Å². The summed E-state index contributed by atoms with van der Waals surface area (Å²) >= 11 is 6.53. The molecule has 1 atom stereocenters. The monoisotopic (exact) mass is 417 g/mol. The number of hydrogen-bond donors (Lipinski definition) is 1. The van der Waals surface area contributed by atoms with Gasteiger partial charge in [-0.05, 0) is 65.6 Å². The molecule has 2 aromatic rings. The molecule has 1 N–H and O–H groups in total. The molecule has 0 saturated heterocycles. The molecule has 0 heterocycles. The predicted octanol–water partition coefficient (Wildman–Crippen LogP) is 4.86. The summed E-state index contributed by atoms with van der Waals surface area (Å²) < 4.78 is 29.2. The fraction of sp³-hybridized carbons (Fsp3) is 0.250. The van der Waals surface area contributed by atoms with Crippen LogP contribution < -0.4 is 5.32 Å². The van der Waals surface area contributed by atoms with Crippen molar-refractivity contribution in [2.24, 2.45) is 0 Å². The highest BCUT2D eigenvalue weighted by atomic mass is 79.9. The van der Waals surface area contributed by atoms with E-state index in [1.54, 1.807) is 7.05 Å². The number of likely N-dealkylation sites (N-methyl/N-ethyl adjacent to an activating group) is 1. The first-order valence-corrected chi connectivity index (χ1v) is 8.14. The fourth-order valence-electron chi connectivity index (χ4n) is 2.23. The highest BCUT2D eigenvalue weighted by Crippen LogP contribution is 2.23. The van der Waals surface area contributed by atoms with Crippen molar-refractivity contribution in [1.82, 2.24) is 5.32 Å². The van der Waals surface area contributed by atoms with Gasteiger partial charge in [0.05, 0.1) is 4.47 Å². The first kappa shape index (κ1) is 16.6. The largest absolute Gasteiger partial charge is 0.316 e. The summed E-state index contributed by atoms with van der Waals surface area (Å²) in [5.74, 6) is -1.03. The maximum Gasteiger partial charge on any atom is 0.143 e. The molecule has 0 aromatic heterocycles. The van der Waals surface area contributed by atoms with Crippen LogP contribution in [0.3, 0.4) is 0 Å². The highest BCUT2D eigenvalue weighted by Gasteiger charge is 2.17. The quantitative estimate of drug-likeness (QED) is 0.683. The van der Waals surface area contributed by atoms with Crippen molar-refractivity contribution in [3.63, 3.8) is 0 Å². The van der Waals surface area contributed by atoms with Crippen molar-refractivity contribution in [2.45, 2.75) is 18.9 Å². The minimum Gasteiger partial charge on any atom is -0.316 e. The molecular formula is C16H15Br2F2N. The summed E-state index contributed by atoms with van der Waals surface area (Å²) in [4.78, 5) is 0. The van der Waals surface area contributed by atoms with Crippen molar-refractivity contribution in [1.29, 1.82) is 0 Å². The van der Waals surface area contributed by atoms with Gasteiger partial charge in [-0.15, -0.1) is 0 Å². The molecular weight excluding hydrogens is 404 g/mol. The summed E-state index contributed by atoms with van der Waals surface area (Å²) in [6.07, 6.45) is 0.988. The van der Waals surface area contributed by atoms with Crippen LogP contribution in [0.25, 0.3) is 0 Å². The zero-order valence-corrected chi connectivity index (χ0v) is 14.6. The topological polar surface area (TPSA) is 12.0 Å². The van der Waals surface area contributed by atoms with E-state index in [0.29, 0.717) is 12.8 Å². The number of benzene rings is 2. The van der Waals surface area contributed by atoms with Crippen molar-refractivity contribution in [3.8, 4) is 0 Å². The van der Waals surface area contributed by atoms with Crippen molar-refractivity contribution in [2.75, 3.05) is 7.05 Å². The van der Waals surface area contributed by atoms with E-state index in [2.05, 4.69) is 37.2 Å². The average molecular weight is 419 g/mol. The molecule has 0 fully saturated rings. The Morgan fingerprint density at radius 1 is 1.10 bits per heavy atom. The number of rotatable bonds is 5. The van der Waals surface area contributed by atoms with Gasteiger partial charge in [-0.3, -0.25) is 0 Å². The van der Waals surface area contributed by atoms with E-state index in [4.69, 9.17) is 0 Å². The van der Waals surface area contributed by atoms with Crippen LogP contribution in [0.4, 0.5) is 8.78 Å². The van der Waals surface area contributed by atoms with Gasteiger partial charge in [0.25, 0.3) is 0 Å². The van der Waals surface area contributed by atoms with Gasteiger partial charge in [-0.1, -0.05) is 28.1 Å². The third kappa shape index (κ3) is 4.34. The van der Waals surface area contributed by atoms with E-state index in [1.165, 1.54) is 12.1 Å². The molecule has 2 rings (SSSR count). The van der Waals surface area contributed by atoms with Gasteiger partial charge in [-0.25, -0.2) is 8.78 Å². The van der Waals surface area contributed by atoms with Crippen LogP contribution in [0.15, 0.2) is 45.3 Å². The van der Waals surface area contributed by atoms with Gasteiger partial charge >= 0.3 is 0 Å². The van der Waals surface area contributed by atoms with Crippen molar-refractivity contribution in [3.05, 3.63) is 68.1 Å². The molecule has 2 aromatic carbocycles. The molecule has 5 heteroatoms. The molecule has 1 unspecified atom stereocenters. The Bertz CT molecular complexity index is 632. The van der Waals surface area contributed by atoms with Gasteiger partial charge in [0, 0.05) is 16.1 Å². The summed E-state index contributed by atoms with van der Waals surface area (Å²) in [5, 5.41) is 3.13. The lowest BCUT2D eigenvalue weighted by Gasteiger charge is -2.18. The maximum atomic E-state index is 14.0. The standard InChI is InChI=1S/C16H15Br2F2N/c1-21-12(8-10-3-2-4-11(17)7-10)9-13-15(19)6-5-14(18)16(13)20/h2-7,12,21H,8-9H2,1H3. The number of halogens is 4.